The van der Waals surface area contributed by atoms with Gasteiger partial charge in [-0.05, 0) is 24.6 Å². The molecule has 2 amide bonds. The first kappa shape index (κ1) is 18.0. The lowest BCUT2D eigenvalue weighted by molar-refractivity contribution is -0.141. The standard InChI is InChI=1S/C14H19N5O4/c1-2-10(13(22)23)19-11(20)7-17-12(21)8-4-3-5-9(6-8)18-14(15)16/h3-6,10H,2,7H2,1H3,(H,17,21)(H,19,20)(H,22,23)(H4,15,16,18). The number of rotatable bonds is 7. The molecule has 23 heavy (non-hydrogen) atoms. The van der Waals surface area contributed by atoms with Crippen LogP contribution in [-0.2, 0) is 9.59 Å². The van der Waals surface area contributed by atoms with E-state index in [2.05, 4.69) is 15.6 Å². The van der Waals surface area contributed by atoms with Crippen LogP contribution < -0.4 is 22.1 Å². The summed E-state index contributed by atoms with van der Waals surface area (Å²) in [5.41, 5.74) is 11.2. The van der Waals surface area contributed by atoms with E-state index in [0.717, 1.165) is 0 Å². The number of aliphatic imine (C=N–C) groups is 1. The first-order chi connectivity index (χ1) is 10.8. The van der Waals surface area contributed by atoms with Crippen LogP contribution in [-0.4, -0.2) is 41.4 Å². The highest BCUT2D eigenvalue weighted by molar-refractivity contribution is 5.97. The SMILES string of the molecule is CCC(NC(=O)CNC(=O)c1cccc(N=C(N)N)c1)C(=O)O. The highest BCUT2D eigenvalue weighted by Gasteiger charge is 2.17. The first-order valence-corrected chi connectivity index (χ1v) is 6.83. The maximum atomic E-state index is 12.0. The minimum absolute atomic E-state index is 0.138. The van der Waals surface area contributed by atoms with Gasteiger partial charge in [0.1, 0.15) is 6.04 Å². The van der Waals surface area contributed by atoms with Crippen molar-refractivity contribution in [2.45, 2.75) is 19.4 Å². The van der Waals surface area contributed by atoms with Gasteiger partial charge in [0.05, 0.1) is 12.2 Å². The molecule has 1 unspecified atom stereocenters. The molecule has 0 fully saturated rings. The molecule has 0 aliphatic heterocycles. The molecule has 124 valence electrons. The van der Waals surface area contributed by atoms with Crippen LogP contribution in [0.5, 0.6) is 0 Å². The van der Waals surface area contributed by atoms with Crippen LogP contribution in [0.4, 0.5) is 5.69 Å². The summed E-state index contributed by atoms with van der Waals surface area (Å²) in [4.78, 5) is 38.2. The van der Waals surface area contributed by atoms with E-state index in [0.29, 0.717) is 5.69 Å². The molecular formula is C14H19N5O4. The monoisotopic (exact) mass is 321 g/mol. The van der Waals surface area contributed by atoms with Gasteiger partial charge in [-0.2, -0.15) is 0 Å². The van der Waals surface area contributed by atoms with E-state index in [1.807, 2.05) is 0 Å². The van der Waals surface area contributed by atoms with Crippen molar-refractivity contribution in [1.82, 2.24) is 10.6 Å². The maximum absolute atomic E-state index is 12.0. The number of carbonyl (C=O) groups excluding carboxylic acids is 2. The van der Waals surface area contributed by atoms with Gasteiger partial charge in [-0.15, -0.1) is 0 Å². The Kier molecular flexibility index (Phi) is 6.53. The molecule has 0 aromatic heterocycles. The third-order valence-corrected chi connectivity index (χ3v) is 2.82. The van der Waals surface area contributed by atoms with E-state index in [1.54, 1.807) is 19.1 Å². The minimum Gasteiger partial charge on any atom is -0.480 e. The summed E-state index contributed by atoms with van der Waals surface area (Å²) in [6.45, 7) is 1.29. The Hall–Kier alpha value is -3.10. The zero-order valence-electron chi connectivity index (χ0n) is 12.6. The van der Waals surface area contributed by atoms with Gasteiger partial charge in [0, 0.05) is 5.56 Å². The fourth-order valence-corrected chi connectivity index (χ4v) is 1.71. The van der Waals surface area contributed by atoms with Gasteiger partial charge in [-0.25, -0.2) is 9.79 Å². The van der Waals surface area contributed by atoms with Crippen LogP contribution in [0.1, 0.15) is 23.7 Å². The molecule has 1 rings (SSSR count). The Balaban J connectivity index is 2.62. The van der Waals surface area contributed by atoms with E-state index in [9.17, 15) is 14.4 Å². The van der Waals surface area contributed by atoms with E-state index >= 15 is 0 Å². The number of benzene rings is 1. The Morgan fingerprint density at radius 1 is 1.30 bits per heavy atom. The largest absolute Gasteiger partial charge is 0.480 e. The van der Waals surface area contributed by atoms with E-state index in [1.165, 1.54) is 12.1 Å². The molecule has 0 radical (unpaired) electrons. The number of carboxylic acids is 1. The molecule has 0 saturated carbocycles. The molecular weight excluding hydrogens is 302 g/mol. The van der Waals surface area contributed by atoms with Crippen molar-refractivity contribution in [2.24, 2.45) is 16.5 Å². The van der Waals surface area contributed by atoms with E-state index in [4.69, 9.17) is 16.6 Å². The quantitative estimate of drug-likeness (QED) is 0.330. The lowest BCUT2D eigenvalue weighted by Crippen LogP contribution is -2.45. The normalized spacial score (nSPS) is 11.2. The third-order valence-electron chi connectivity index (χ3n) is 2.82. The molecule has 9 heteroatoms. The van der Waals surface area contributed by atoms with Gasteiger partial charge in [0.15, 0.2) is 5.96 Å². The van der Waals surface area contributed by atoms with E-state index < -0.39 is 23.8 Å². The smallest absolute Gasteiger partial charge is 0.326 e. The molecule has 1 atom stereocenters. The van der Waals surface area contributed by atoms with Crippen molar-refractivity contribution in [2.75, 3.05) is 6.54 Å². The second-order valence-electron chi connectivity index (χ2n) is 4.64. The third kappa shape index (κ3) is 6.04. The molecule has 9 nitrogen and oxygen atoms in total. The average molecular weight is 321 g/mol. The Bertz CT molecular complexity index is 625. The zero-order chi connectivity index (χ0) is 17.4. The number of hydrogen-bond donors (Lipinski definition) is 5. The summed E-state index contributed by atoms with van der Waals surface area (Å²) < 4.78 is 0. The highest BCUT2D eigenvalue weighted by atomic mass is 16.4. The number of nitrogens with zero attached hydrogens (tertiary/aromatic N) is 1. The summed E-state index contributed by atoms with van der Waals surface area (Å²) in [6.07, 6.45) is 0.246. The van der Waals surface area contributed by atoms with Gasteiger partial charge >= 0.3 is 5.97 Å². The number of guanidine groups is 1. The highest BCUT2D eigenvalue weighted by Crippen LogP contribution is 2.13. The number of amides is 2. The summed E-state index contributed by atoms with van der Waals surface area (Å²) in [5, 5.41) is 13.5. The van der Waals surface area contributed by atoms with Crippen molar-refractivity contribution in [1.29, 1.82) is 0 Å². The van der Waals surface area contributed by atoms with Gasteiger partial charge in [-0.1, -0.05) is 13.0 Å². The molecule has 1 aromatic carbocycles. The summed E-state index contributed by atoms with van der Waals surface area (Å²) in [5.74, 6) is -2.36. The molecule has 0 aliphatic rings. The predicted molar refractivity (Wildman–Crippen MR) is 84.1 cm³/mol. The minimum atomic E-state index is -1.13. The molecule has 0 heterocycles. The first-order valence-electron chi connectivity index (χ1n) is 6.83. The van der Waals surface area contributed by atoms with Crippen molar-refractivity contribution in [3.8, 4) is 0 Å². The Morgan fingerprint density at radius 2 is 2.00 bits per heavy atom. The topological polar surface area (TPSA) is 160 Å². The second kappa shape index (κ2) is 8.37. The number of hydrogen-bond acceptors (Lipinski definition) is 4. The Labute approximate surface area is 132 Å². The van der Waals surface area contributed by atoms with Crippen LogP contribution in [0.2, 0.25) is 0 Å². The van der Waals surface area contributed by atoms with Crippen LogP contribution in [0, 0.1) is 0 Å². The van der Waals surface area contributed by atoms with Crippen molar-refractivity contribution >= 4 is 29.4 Å². The van der Waals surface area contributed by atoms with Gasteiger partial charge in [0.2, 0.25) is 5.91 Å². The number of nitrogens with two attached hydrogens (primary N) is 2. The zero-order valence-corrected chi connectivity index (χ0v) is 12.6. The fraction of sp³-hybridized carbons (Fsp3) is 0.286. The van der Waals surface area contributed by atoms with Gasteiger partial charge < -0.3 is 27.2 Å². The van der Waals surface area contributed by atoms with Crippen LogP contribution in [0.3, 0.4) is 0 Å². The number of aliphatic carboxylic acids is 1. The molecule has 7 N–H and O–H groups in total. The number of nitrogens with one attached hydrogen (secondary N) is 2. The van der Waals surface area contributed by atoms with Gasteiger partial charge in [-0.3, -0.25) is 9.59 Å². The Morgan fingerprint density at radius 3 is 2.57 bits per heavy atom. The van der Waals surface area contributed by atoms with E-state index in [-0.39, 0.29) is 24.5 Å². The van der Waals surface area contributed by atoms with Crippen LogP contribution in [0.25, 0.3) is 0 Å². The number of carboxylic acid groups (broad SMARTS) is 1. The van der Waals surface area contributed by atoms with Gasteiger partial charge in [0.25, 0.3) is 5.91 Å². The summed E-state index contributed by atoms with van der Waals surface area (Å²) >= 11 is 0. The average Bonchev–Trinajstić information content (AvgIpc) is 2.49. The molecule has 0 spiro atoms. The second-order valence-corrected chi connectivity index (χ2v) is 4.64. The molecule has 0 bridgehead atoms. The van der Waals surface area contributed by atoms with Crippen LogP contribution in [0.15, 0.2) is 29.3 Å². The summed E-state index contributed by atoms with van der Waals surface area (Å²) in [6, 6.07) is 5.21. The lowest BCUT2D eigenvalue weighted by Gasteiger charge is -2.12. The van der Waals surface area contributed by atoms with Crippen molar-refractivity contribution < 1.29 is 19.5 Å². The van der Waals surface area contributed by atoms with Crippen molar-refractivity contribution in [3.05, 3.63) is 29.8 Å². The molecule has 1 aromatic rings. The summed E-state index contributed by atoms with van der Waals surface area (Å²) in [7, 11) is 0. The van der Waals surface area contributed by atoms with Crippen molar-refractivity contribution in [3.63, 3.8) is 0 Å². The number of carbonyl (C=O) groups is 3. The maximum Gasteiger partial charge on any atom is 0.326 e. The fourth-order valence-electron chi connectivity index (χ4n) is 1.71. The molecule has 0 aliphatic carbocycles. The van der Waals surface area contributed by atoms with Crippen LogP contribution >= 0.6 is 0 Å². The predicted octanol–water partition coefficient (Wildman–Crippen LogP) is -0.699. The molecule has 0 saturated heterocycles. The lowest BCUT2D eigenvalue weighted by atomic mass is 10.2.